The zero-order valence-electron chi connectivity index (χ0n) is 13.1. The Morgan fingerprint density at radius 2 is 2.20 bits per heavy atom. The van der Waals surface area contributed by atoms with Crippen LogP contribution in [0.3, 0.4) is 0 Å². The zero-order chi connectivity index (χ0) is 17.4. The van der Waals surface area contributed by atoms with Gasteiger partial charge in [-0.25, -0.2) is 0 Å². The van der Waals surface area contributed by atoms with Gasteiger partial charge in [0.1, 0.15) is 17.3 Å². The minimum absolute atomic E-state index is 0.00737. The predicted molar refractivity (Wildman–Crippen MR) is 85.9 cm³/mol. The number of anilines is 1. The number of aromatic amines is 2. The van der Waals surface area contributed by atoms with Crippen LogP contribution in [0, 0.1) is 0 Å². The lowest BCUT2D eigenvalue weighted by molar-refractivity contribution is -0.0487. The van der Waals surface area contributed by atoms with Crippen LogP contribution in [0.4, 0.5) is 14.7 Å². The maximum atomic E-state index is 12.5. The summed E-state index contributed by atoms with van der Waals surface area (Å²) in [6.45, 7) is -2.93. The molecule has 25 heavy (non-hydrogen) atoms. The van der Waals surface area contributed by atoms with Crippen LogP contribution in [0.1, 0.15) is 41.5 Å². The highest BCUT2D eigenvalue weighted by Gasteiger charge is 2.23. The van der Waals surface area contributed by atoms with Gasteiger partial charge in [-0.05, 0) is 31.0 Å². The molecule has 130 valence electrons. The first-order valence-electron chi connectivity index (χ1n) is 7.90. The van der Waals surface area contributed by atoms with Crippen LogP contribution in [-0.2, 0) is 0 Å². The molecule has 0 aliphatic heterocycles. The second kappa shape index (κ2) is 6.15. The van der Waals surface area contributed by atoms with E-state index in [1.807, 2.05) is 0 Å². The number of ether oxygens (including phenoxy) is 1. The number of halogens is 2. The molecule has 0 bridgehead atoms. The number of amides is 1. The van der Waals surface area contributed by atoms with Gasteiger partial charge in [0.05, 0.1) is 0 Å². The Balaban J connectivity index is 1.54. The molecular formula is C16H15F2N5O2. The molecule has 0 saturated heterocycles. The Morgan fingerprint density at radius 3 is 2.92 bits per heavy atom. The molecule has 1 amide bonds. The quantitative estimate of drug-likeness (QED) is 0.659. The lowest BCUT2D eigenvalue weighted by Crippen LogP contribution is -2.14. The standard InChI is InChI=1S/C16H15F2N5O2/c17-15(18)25-12-6-2-5-10-9(12)7-11(19-10)14(24)21-16-20-13(22-23-16)8-3-1-4-8/h2,5-8,15,19H,1,3-4H2,(H2,20,21,22,23,24). The molecule has 0 radical (unpaired) electrons. The summed E-state index contributed by atoms with van der Waals surface area (Å²) in [6.07, 6.45) is 3.31. The second-order valence-corrected chi connectivity index (χ2v) is 5.91. The molecule has 1 saturated carbocycles. The van der Waals surface area contributed by atoms with Crippen molar-refractivity contribution in [2.45, 2.75) is 31.8 Å². The van der Waals surface area contributed by atoms with Gasteiger partial charge in [-0.3, -0.25) is 15.2 Å². The molecule has 0 atom stereocenters. The maximum Gasteiger partial charge on any atom is 0.387 e. The number of H-pyrrole nitrogens is 2. The van der Waals surface area contributed by atoms with E-state index in [9.17, 15) is 13.6 Å². The largest absolute Gasteiger partial charge is 0.434 e. The number of carbonyl (C=O) groups excluding carboxylic acids is 1. The van der Waals surface area contributed by atoms with E-state index >= 15 is 0 Å². The number of benzene rings is 1. The van der Waals surface area contributed by atoms with Crippen molar-refractivity contribution in [2.24, 2.45) is 0 Å². The van der Waals surface area contributed by atoms with Gasteiger partial charge in [0, 0.05) is 16.8 Å². The highest BCUT2D eigenvalue weighted by Crippen LogP contribution is 2.34. The van der Waals surface area contributed by atoms with E-state index in [0.29, 0.717) is 16.8 Å². The van der Waals surface area contributed by atoms with Crippen molar-refractivity contribution in [1.82, 2.24) is 20.2 Å². The van der Waals surface area contributed by atoms with Gasteiger partial charge in [-0.2, -0.15) is 13.8 Å². The number of hydrogen-bond acceptors (Lipinski definition) is 4. The third-order valence-electron chi connectivity index (χ3n) is 4.30. The fourth-order valence-corrected chi connectivity index (χ4v) is 2.81. The number of aromatic nitrogens is 4. The molecule has 7 nitrogen and oxygen atoms in total. The predicted octanol–water partition coefficient (Wildman–Crippen LogP) is 3.41. The van der Waals surface area contributed by atoms with Gasteiger partial charge < -0.3 is 9.72 Å². The smallest absolute Gasteiger partial charge is 0.387 e. The minimum atomic E-state index is -2.93. The minimum Gasteiger partial charge on any atom is -0.434 e. The van der Waals surface area contributed by atoms with Crippen molar-refractivity contribution in [1.29, 1.82) is 0 Å². The first kappa shape index (κ1) is 15.6. The lowest BCUT2D eigenvalue weighted by Gasteiger charge is -2.22. The molecular weight excluding hydrogens is 332 g/mol. The summed E-state index contributed by atoms with van der Waals surface area (Å²) in [5.41, 5.74) is 0.726. The summed E-state index contributed by atoms with van der Waals surface area (Å²) in [5, 5.41) is 9.81. The van der Waals surface area contributed by atoms with Crippen LogP contribution in [0.25, 0.3) is 10.9 Å². The molecule has 2 heterocycles. The zero-order valence-corrected chi connectivity index (χ0v) is 13.1. The fraction of sp³-hybridized carbons (Fsp3) is 0.312. The summed E-state index contributed by atoms with van der Waals surface area (Å²) >= 11 is 0. The summed E-state index contributed by atoms with van der Waals surface area (Å²) < 4.78 is 29.4. The molecule has 1 aromatic carbocycles. The summed E-state index contributed by atoms with van der Waals surface area (Å²) in [5.74, 6) is 0.882. The van der Waals surface area contributed by atoms with Gasteiger partial charge in [0.15, 0.2) is 0 Å². The number of rotatable bonds is 5. The fourth-order valence-electron chi connectivity index (χ4n) is 2.81. The van der Waals surface area contributed by atoms with Gasteiger partial charge >= 0.3 is 6.61 Å². The normalized spacial score (nSPS) is 14.7. The molecule has 0 spiro atoms. The maximum absolute atomic E-state index is 12.5. The number of nitrogens with zero attached hydrogens (tertiary/aromatic N) is 2. The van der Waals surface area contributed by atoms with E-state index in [0.717, 1.165) is 18.7 Å². The van der Waals surface area contributed by atoms with Crippen LogP contribution in [0.5, 0.6) is 5.75 Å². The summed E-state index contributed by atoms with van der Waals surface area (Å²) in [4.78, 5) is 19.5. The van der Waals surface area contributed by atoms with Crippen molar-refractivity contribution in [3.05, 3.63) is 35.8 Å². The number of alkyl halides is 2. The van der Waals surface area contributed by atoms with Gasteiger partial charge in [-0.15, -0.1) is 5.10 Å². The lowest BCUT2D eigenvalue weighted by atomic mass is 9.85. The highest BCUT2D eigenvalue weighted by atomic mass is 19.3. The van der Waals surface area contributed by atoms with Gasteiger partial charge in [0.25, 0.3) is 5.91 Å². The first-order valence-corrected chi connectivity index (χ1v) is 7.90. The topological polar surface area (TPSA) is 95.7 Å². The van der Waals surface area contributed by atoms with Gasteiger partial charge in [-0.1, -0.05) is 12.5 Å². The van der Waals surface area contributed by atoms with E-state index in [4.69, 9.17) is 0 Å². The average Bonchev–Trinajstić information content (AvgIpc) is 3.12. The summed E-state index contributed by atoms with van der Waals surface area (Å²) in [6, 6.07) is 6.12. The Bertz CT molecular complexity index is 916. The third kappa shape index (κ3) is 3.04. The molecule has 4 rings (SSSR count). The molecule has 3 aromatic rings. The van der Waals surface area contributed by atoms with Crippen molar-refractivity contribution >= 4 is 22.8 Å². The molecule has 1 aliphatic carbocycles. The number of fused-ring (bicyclic) bond motifs is 1. The van der Waals surface area contributed by atoms with Crippen LogP contribution >= 0.6 is 0 Å². The van der Waals surface area contributed by atoms with E-state index in [1.54, 1.807) is 12.1 Å². The molecule has 1 fully saturated rings. The van der Waals surface area contributed by atoms with E-state index in [-0.39, 0.29) is 17.4 Å². The monoisotopic (exact) mass is 347 g/mol. The Labute approximate surface area is 140 Å². The number of hydrogen-bond donors (Lipinski definition) is 3. The van der Waals surface area contributed by atoms with Gasteiger partial charge in [0.2, 0.25) is 5.95 Å². The van der Waals surface area contributed by atoms with Crippen molar-refractivity contribution < 1.29 is 18.3 Å². The number of carbonyl (C=O) groups is 1. The third-order valence-corrected chi connectivity index (χ3v) is 4.30. The second-order valence-electron chi connectivity index (χ2n) is 5.91. The van der Waals surface area contributed by atoms with E-state index < -0.39 is 12.5 Å². The van der Waals surface area contributed by atoms with Crippen LogP contribution in [0.15, 0.2) is 24.3 Å². The van der Waals surface area contributed by atoms with Crippen molar-refractivity contribution in [2.75, 3.05) is 5.32 Å². The highest BCUT2D eigenvalue weighted by molar-refractivity contribution is 6.05. The number of nitrogens with one attached hydrogen (secondary N) is 3. The Hall–Kier alpha value is -2.97. The molecule has 0 unspecified atom stereocenters. The molecule has 1 aliphatic rings. The Morgan fingerprint density at radius 1 is 1.36 bits per heavy atom. The summed E-state index contributed by atoms with van der Waals surface area (Å²) in [7, 11) is 0. The molecule has 9 heteroatoms. The van der Waals surface area contributed by atoms with Crippen LogP contribution < -0.4 is 10.1 Å². The first-order chi connectivity index (χ1) is 12.1. The van der Waals surface area contributed by atoms with Crippen LogP contribution in [-0.4, -0.2) is 32.7 Å². The average molecular weight is 347 g/mol. The molecule has 2 aromatic heterocycles. The van der Waals surface area contributed by atoms with Crippen LogP contribution in [0.2, 0.25) is 0 Å². The van der Waals surface area contributed by atoms with Crippen molar-refractivity contribution in [3.63, 3.8) is 0 Å². The van der Waals surface area contributed by atoms with E-state index in [2.05, 4.69) is 30.2 Å². The Kier molecular flexibility index (Phi) is 3.83. The van der Waals surface area contributed by atoms with Crippen molar-refractivity contribution in [3.8, 4) is 5.75 Å². The van der Waals surface area contributed by atoms with E-state index in [1.165, 1.54) is 18.6 Å². The molecule has 3 N–H and O–H groups in total. The SMILES string of the molecule is O=C(Nc1n[nH]c(C2CCC2)n1)c1cc2c(OC(F)F)cccc2[nH]1.